The summed E-state index contributed by atoms with van der Waals surface area (Å²) in [6, 6.07) is 7.55. The Kier molecular flexibility index (Phi) is 11.8. The Morgan fingerprint density at radius 1 is 1.12 bits per heavy atom. The Morgan fingerprint density at radius 2 is 1.75 bits per heavy atom. The van der Waals surface area contributed by atoms with Gasteiger partial charge in [-0.1, -0.05) is 26.0 Å². The second-order valence-electron chi connectivity index (χ2n) is 6.25. The lowest BCUT2D eigenvalue weighted by molar-refractivity contribution is 0.180. The number of guanidine groups is 1. The SMILES string of the molecule is CCNC(=NCC(C)C)NCC(O)c1ccc(OC(C)C)cc1.I. The molecule has 5 nitrogen and oxygen atoms in total. The molecule has 138 valence electrons. The summed E-state index contributed by atoms with van der Waals surface area (Å²) < 4.78 is 5.61. The Bertz CT molecular complexity index is 476. The molecule has 1 rings (SSSR count). The monoisotopic (exact) mass is 449 g/mol. The van der Waals surface area contributed by atoms with E-state index in [9.17, 15) is 5.11 Å². The molecule has 6 heteroatoms. The molecule has 0 radical (unpaired) electrons. The number of hydrogen-bond donors (Lipinski definition) is 3. The fraction of sp³-hybridized carbons (Fsp3) is 0.611. The van der Waals surface area contributed by atoms with Gasteiger partial charge in [0.2, 0.25) is 0 Å². The van der Waals surface area contributed by atoms with Crippen molar-refractivity contribution in [1.29, 1.82) is 0 Å². The number of nitrogens with one attached hydrogen (secondary N) is 2. The van der Waals surface area contributed by atoms with Crippen LogP contribution in [-0.4, -0.2) is 36.8 Å². The molecule has 24 heavy (non-hydrogen) atoms. The molecule has 0 bridgehead atoms. The van der Waals surface area contributed by atoms with Crippen molar-refractivity contribution in [2.75, 3.05) is 19.6 Å². The smallest absolute Gasteiger partial charge is 0.191 e. The van der Waals surface area contributed by atoms with E-state index in [-0.39, 0.29) is 30.1 Å². The summed E-state index contributed by atoms with van der Waals surface area (Å²) in [5.74, 6) is 2.06. The normalized spacial score (nSPS) is 12.8. The lowest BCUT2D eigenvalue weighted by Gasteiger charge is -2.16. The Balaban J connectivity index is 0.00000529. The van der Waals surface area contributed by atoms with E-state index in [0.717, 1.165) is 30.4 Å². The number of rotatable bonds is 8. The third-order valence-corrected chi connectivity index (χ3v) is 3.06. The average Bonchev–Trinajstić information content (AvgIpc) is 2.49. The van der Waals surface area contributed by atoms with E-state index in [1.807, 2.05) is 45.0 Å². The largest absolute Gasteiger partial charge is 0.491 e. The van der Waals surface area contributed by atoms with Crippen molar-refractivity contribution in [3.8, 4) is 5.75 Å². The molecule has 0 aliphatic rings. The van der Waals surface area contributed by atoms with E-state index in [1.54, 1.807) is 0 Å². The summed E-state index contributed by atoms with van der Waals surface area (Å²) in [4.78, 5) is 4.49. The van der Waals surface area contributed by atoms with Gasteiger partial charge in [-0.15, -0.1) is 24.0 Å². The first kappa shape index (κ1) is 23.0. The van der Waals surface area contributed by atoms with Crippen molar-refractivity contribution >= 4 is 29.9 Å². The number of nitrogens with zero attached hydrogens (tertiary/aromatic N) is 1. The molecule has 1 unspecified atom stereocenters. The number of aliphatic hydroxyl groups is 1. The Hall–Kier alpha value is -1.02. The maximum Gasteiger partial charge on any atom is 0.191 e. The van der Waals surface area contributed by atoms with Crippen LogP contribution in [0.3, 0.4) is 0 Å². The van der Waals surface area contributed by atoms with Crippen molar-refractivity contribution in [2.45, 2.75) is 46.8 Å². The average molecular weight is 449 g/mol. The molecule has 0 saturated carbocycles. The van der Waals surface area contributed by atoms with Gasteiger partial charge in [0.05, 0.1) is 12.2 Å². The third kappa shape index (κ3) is 9.32. The number of ether oxygens (including phenoxy) is 1. The number of aliphatic imine (C=N–C) groups is 1. The van der Waals surface area contributed by atoms with Gasteiger partial charge in [0.15, 0.2) is 5.96 Å². The van der Waals surface area contributed by atoms with E-state index < -0.39 is 6.10 Å². The van der Waals surface area contributed by atoms with Gasteiger partial charge in [0.1, 0.15) is 5.75 Å². The lowest BCUT2D eigenvalue weighted by Crippen LogP contribution is -2.39. The Labute approximate surface area is 163 Å². The van der Waals surface area contributed by atoms with Crippen molar-refractivity contribution in [3.63, 3.8) is 0 Å². The molecular weight excluding hydrogens is 417 g/mol. The molecule has 0 aliphatic heterocycles. The van der Waals surface area contributed by atoms with Crippen LogP contribution < -0.4 is 15.4 Å². The van der Waals surface area contributed by atoms with Gasteiger partial charge >= 0.3 is 0 Å². The van der Waals surface area contributed by atoms with Crippen LogP contribution >= 0.6 is 24.0 Å². The number of halogens is 1. The van der Waals surface area contributed by atoms with Crippen LogP contribution in [0.4, 0.5) is 0 Å². The molecule has 0 heterocycles. The van der Waals surface area contributed by atoms with Crippen LogP contribution in [0.1, 0.15) is 46.3 Å². The van der Waals surface area contributed by atoms with Crippen LogP contribution in [0.2, 0.25) is 0 Å². The van der Waals surface area contributed by atoms with E-state index >= 15 is 0 Å². The highest BCUT2D eigenvalue weighted by Gasteiger charge is 2.09. The summed E-state index contributed by atoms with van der Waals surface area (Å²) in [7, 11) is 0. The molecule has 1 atom stereocenters. The molecule has 0 saturated heterocycles. The predicted octanol–water partition coefficient (Wildman–Crippen LogP) is 3.34. The maximum atomic E-state index is 10.3. The molecule has 3 N–H and O–H groups in total. The minimum absolute atomic E-state index is 0. The zero-order chi connectivity index (χ0) is 17.2. The second kappa shape index (κ2) is 12.4. The fourth-order valence-electron chi connectivity index (χ4n) is 1.97. The van der Waals surface area contributed by atoms with E-state index in [4.69, 9.17) is 4.74 Å². The minimum Gasteiger partial charge on any atom is -0.491 e. The van der Waals surface area contributed by atoms with E-state index in [1.165, 1.54) is 0 Å². The summed E-state index contributed by atoms with van der Waals surface area (Å²) in [5.41, 5.74) is 0.855. The first-order chi connectivity index (χ1) is 10.9. The van der Waals surface area contributed by atoms with Crippen LogP contribution in [0.15, 0.2) is 29.3 Å². The van der Waals surface area contributed by atoms with Crippen LogP contribution in [0.5, 0.6) is 5.75 Å². The Morgan fingerprint density at radius 3 is 2.25 bits per heavy atom. The van der Waals surface area contributed by atoms with Crippen molar-refractivity contribution in [3.05, 3.63) is 29.8 Å². The fourth-order valence-corrected chi connectivity index (χ4v) is 1.97. The maximum absolute atomic E-state index is 10.3. The van der Waals surface area contributed by atoms with Crippen LogP contribution in [-0.2, 0) is 0 Å². The minimum atomic E-state index is -0.592. The molecule has 0 amide bonds. The van der Waals surface area contributed by atoms with Crippen LogP contribution in [0, 0.1) is 5.92 Å². The molecule has 1 aromatic carbocycles. The molecular formula is C18H32IN3O2. The molecule has 0 fully saturated rings. The third-order valence-electron chi connectivity index (χ3n) is 3.06. The zero-order valence-corrected chi connectivity index (χ0v) is 17.7. The van der Waals surface area contributed by atoms with Gasteiger partial charge in [-0.3, -0.25) is 4.99 Å². The summed E-state index contributed by atoms with van der Waals surface area (Å²) in [6.45, 7) is 12.2. The summed E-state index contributed by atoms with van der Waals surface area (Å²) in [5, 5.41) is 16.7. The predicted molar refractivity (Wildman–Crippen MR) is 111 cm³/mol. The van der Waals surface area contributed by atoms with Gasteiger partial charge in [-0.25, -0.2) is 0 Å². The second-order valence-corrected chi connectivity index (χ2v) is 6.25. The summed E-state index contributed by atoms with van der Waals surface area (Å²) in [6.07, 6.45) is -0.446. The van der Waals surface area contributed by atoms with Gasteiger partial charge in [0, 0.05) is 19.6 Å². The van der Waals surface area contributed by atoms with Crippen molar-refractivity contribution in [2.24, 2.45) is 10.9 Å². The van der Waals surface area contributed by atoms with Crippen LogP contribution in [0.25, 0.3) is 0 Å². The topological polar surface area (TPSA) is 65.9 Å². The summed E-state index contributed by atoms with van der Waals surface area (Å²) >= 11 is 0. The van der Waals surface area contributed by atoms with E-state index in [2.05, 4.69) is 29.5 Å². The number of hydrogen-bond acceptors (Lipinski definition) is 3. The first-order valence-corrected chi connectivity index (χ1v) is 8.39. The highest BCUT2D eigenvalue weighted by molar-refractivity contribution is 14.0. The molecule has 0 spiro atoms. The van der Waals surface area contributed by atoms with E-state index in [0.29, 0.717) is 12.5 Å². The number of aliphatic hydroxyl groups excluding tert-OH is 1. The van der Waals surface area contributed by atoms with Crippen molar-refractivity contribution < 1.29 is 9.84 Å². The standard InChI is InChI=1S/C18H31N3O2.HI/c1-6-19-18(20-11-13(2)3)21-12-17(22)15-7-9-16(10-8-15)23-14(4)5;/h7-10,13-14,17,22H,6,11-12H2,1-5H3,(H2,19,20,21);1H. The number of benzene rings is 1. The molecule has 1 aromatic rings. The van der Waals surface area contributed by atoms with Crippen molar-refractivity contribution in [1.82, 2.24) is 10.6 Å². The highest BCUT2D eigenvalue weighted by atomic mass is 127. The highest BCUT2D eigenvalue weighted by Crippen LogP contribution is 2.18. The first-order valence-electron chi connectivity index (χ1n) is 8.39. The van der Waals surface area contributed by atoms with Gasteiger partial charge < -0.3 is 20.5 Å². The molecule has 0 aliphatic carbocycles. The van der Waals surface area contributed by atoms with Gasteiger partial charge in [0.25, 0.3) is 0 Å². The van der Waals surface area contributed by atoms with Gasteiger partial charge in [-0.2, -0.15) is 0 Å². The van der Waals surface area contributed by atoms with Gasteiger partial charge in [-0.05, 0) is 44.4 Å². The quantitative estimate of drug-likeness (QED) is 0.324. The zero-order valence-electron chi connectivity index (χ0n) is 15.4. The molecule has 0 aromatic heterocycles. The lowest BCUT2D eigenvalue weighted by atomic mass is 10.1.